The van der Waals surface area contributed by atoms with Crippen molar-refractivity contribution < 1.29 is 23.8 Å². The Kier molecular flexibility index (Phi) is 6.42. The Balaban J connectivity index is 2.21. The molecule has 25 heavy (non-hydrogen) atoms. The molecule has 1 saturated carbocycles. The molecule has 1 fully saturated rings. The highest BCUT2D eigenvalue weighted by molar-refractivity contribution is 5.99. The number of hydrogen-bond donors (Lipinski definition) is 1. The normalized spacial score (nSPS) is 16.0. The monoisotopic (exact) mass is 349 g/mol. The smallest absolute Gasteiger partial charge is 0.341 e. The Hall–Kier alpha value is -2.08. The molecule has 1 aromatic rings. The number of anilines is 1. The number of hydrogen-bond acceptors (Lipinski definition) is 5. The van der Waals surface area contributed by atoms with Crippen LogP contribution in [-0.2, 0) is 14.3 Å². The quantitative estimate of drug-likeness (QED) is 0.692. The summed E-state index contributed by atoms with van der Waals surface area (Å²) < 4.78 is 16.1. The van der Waals surface area contributed by atoms with E-state index < -0.39 is 11.6 Å². The highest BCUT2D eigenvalue weighted by atomic mass is 16.5. The fourth-order valence-corrected chi connectivity index (χ4v) is 2.77. The van der Waals surface area contributed by atoms with Crippen molar-refractivity contribution in [2.75, 3.05) is 25.6 Å². The first-order valence-electron chi connectivity index (χ1n) is 8.76. The number of amides is 1. The molecule has 0 bridgehead atoms. The van der Waals surface area contributed by atoms with Gasteiger partial charge < -0.3 is 19.5 Å². The number of carbonyl (C=O) groups excluding carboxylic acids is 2. The van der Waals surface area contributed by atoms with Crippen LogP contribution < -0.4 is 10.1 Å². The number of ether oxygens (including phenoxy) is 3. The molecule has 1 aliphatic rings. The van der Waals surface area contributed by atoms with Crippen LogP contribution in [0.15, 0.2) is 18.2 Å². The number of rotatable bonds is 9. The van der Waals surface area contributed by atoms with E-state index in [9.17, 15) is 9.59 Å². The molecular weight excluding hydrogens is 322 g/mol. The van der Waals surface area contributed by atoms with Gasteiger partial charge in [-0.2, -0.15) is 0 Å². The third-order valence-corrected chi connectivity index (χ3v) is 4.36. The van der Waals surface area contributed by atoms with Crippen molar-refractivity contribution in [2.24, 2.45) is 5.92 Å². The van der Waals surface area contributed by atoms with Crippen LogP contribution in [0.5, 0.6) is 5.75 Å². The summed E-state index contributed by atoms with van der Waals surface area (Å²) >= 11 is 0. The van der Waals surface area contributed by atoms with Crippen LogP contribution in [0.25, 0.3) is 0 Å². The molecule has 0 unspecified atom stereocenters. The average molecular weight is 349 g/mol. The van der Waals surface area contributed by atoms with E-state index in [1.54, 1.807) is 18.2 Å². The molecule has 6 nitrogen and oxygen atoms in total. The van der Waals surface area contributed by atoms with E-state index in [1.807, 2.05) is 20.8 Å². The topological polar surface area (TPSA) is 73.9 Å². The molecule has 0 aliphatic heterocycles. The molecule has 1 amide bonds. The molecular formula is C19H27NO5. The lowest BCUT2D eigenvalue weighted by Crippen LogP contribution is -2.44. The van der Waals surface area contributed by atoms with Crippen LogP contribution in [0.1, 0.15) is 50.4 Å². The maximum Gasteiger partial charge on any atom is 0.341 e. The van der Waals surface area contributed by atoms with Crippen molar-refractivity contribution in [2.45, 2.75) is 45.6 Å². The highest BCUT2D eigenvalue weighted by Gasteiger charge is 2.48. The summed E-state index contributed by atoms with van der Waals surface area (Å²) in [7, 11) is 1.32. The van der Waals surface area contributed by atoms with E-state index in [4.69, 9.17) is 14.2 Å². The average Bonchev–Trinajstić information content (AvgIpc) is 3.45. The Morgan fingerprint density at radius 3 is 2.56 bits per heavy atom. The molecule has 138 valence electrons. The van der Waals surface area contributed by atoms with Gasteiger partial charge in [-0.3, -0.25) is 4.79 Å². The van der Waals surface area contributed by atoms with Crippen LogP contribution in [0, 0.1) is 5.92 Å². The largest absolute Gasteiger partial charge is 0.493 e. The second-order valence-corrected chi connectivity index (χ2v) is 6.32. The molecule has 0 saturated heterocycles. The van der Waals surface area contributed by atoms with E-state index in [-0.39, 0.29) is 11.8 Å². The molecule has 1 aliphatic carbocycles. The van der Waals surface area contributed by atoms with Gasteiger partial charge in [0.05, 0.1) is 13.7 Å². The van der Waals surface area contributed by atoms with E-state index in [0.717, 1.165) is 19.3 Å². The third kappa shape index (κ3) is 4.51. The first-order valence-corrected chi connectivity index (χ1v) is 8.76. The minimum atomic E-state index is -0.850. The number of methoxy groups -OCH3 is 1. The van der Waals surface area contributed by atoms with E-state index >= 15 is 0 Å². The standard InChI is InChI=1S/C19H27NO5/c1-5-11-24-16-10-9-14(12-15(16)17(21)23-4)20-18(22)19(3,25-6-2)13-7-8-13/h9-10,12-13H,5-8,11H2,1-4H3,(H,20,22)/t19-/m1/s1. The molecule has 0 heterocycles. The molecule has 1 N–H and O–H groups in total. The summed E-state index contributed by atoms with van der Waals surface area (Å²) in [5, 5.41) is 2.86. The highest BCUT2D eigenvalue weighted by Crippen LogP contribution is 2.42. The SMILES string of the molecule is CCCOc1ccc(NC(=O)[C@](C)(OCC)C2CC2)cc1C(=O)OC. The molecule has 1 atom stereocenters. The number of nitrogens with one attached hydrogen (secondary N) is 1. The lowest BCUT2D eigenvalue weighted by atomic mass is 9.98. The maximum absolute atomic E-state index is 12.7. The van der Waals surface area contributed by atoms with Gasteiger partial charge in [-0.05, 0) is 57.2 Å². The van der Waals surface area contributed by atoms with Crippen molar-refractivity contribution in [3.8, 4) is 5.75 Å². The number of benzene rings is 1. The lowest BCUT2D eigenvalue weighted by Gasteiger charge is -2.28. The second-order valence-electron chi connectivity index (χ2n) is 6.32. The van der Waals surface area contributed by atoms with Crippen molar-refractivity contribution in [1.82, 2.24) is 0 Å². The van der Waals surface area contributed by atoms with Crippen molar-refractivity contribution >= 4 is 17.6 Å². The Morgan fingerprint density at radius 2 is 2.00 bits per heavy atom. The predicted octanol–water partition coefficient (Wildman–Crippen LogP) is 3.41. The van der Waals surface area contributed by atoms with Gasteiger partial charge in [-0.1, -0.05) is 6.92 Å². The molecule has 0 aromatic heterocycles. The zero-order valence-corrected chi connectivity index (χ0v) is 15.4. The van der Waals surface area contributed by atoms with Crippen molar-refractivity contribution in [1.29, 1.82) is 0 Å². The molecule has 2 rings (SSSR count). The number of esters is 1. The summed E-state index contributed by atoms with van der Waals surface area (Å²) in [6, 6.07) is 4.97. The maximum atomic E-state index is 12.7. The van der Waals surface area contributed by atoms with Gasteiger partial charge in [0.15, 0.2) is 0 Å². The second kappa shape index (κ2) is 8.34. The molecule has 0 spiro atoms. The van der Waals surface area contributed by atoms with Gasteiger partial charge >= 0.3 is 5.97 Å². The fraction of sp³-hybridized carbons (Fsp3) is 0.579. The number of carbonyl (C=O) groups is 2. The minimum absolute atomic E-state index is 0.199. The Labute approximate surface area is 148 Å². The van der Waals surface area contributed by atoms with Gasteiger partial charge in [-0.25, -0.2) is 4.79 Å². The van der Waals surface area contributed by atoms with Gasteiger partial charge in [0.2, 0.25) is 0 Å². The lowest BCUT2D eigenvalue weighted by molar-refractivity contribution is -0.141. The van der Waals surface area contributed by atoms with Crippen molar-refractivity contribution in [3.63, 3.8) is 0 Å². The van der Waals surface area contributed by atoms with E-state index in [2.05, 4.69) is 5.32 Å². The van der Waals surface area contributed by atoms with E-state index in [0.29, 0.717) is 30.2 Å². The third-order valence-electron chi connectivity index (χ3n) is 4.36. The summed E-state index contributed by atoms with van der Waals surface area (Å²) in [4.78, 5) is 24.7. The summed E-state index contributed by atoms with van der Waals surface area (Å²) in [6.07, 6.45) is 2.80. The summed E-state index contributed by atoms with van der Waals surface area (Å²) in [6.45, 7) is 6.66. The molecule has 1 aromatic carbocycles. The van der Waals surface area contributed by atoms with Crippen molar-refractivity contribution in [3.05, 3.63) is 23.8 Å². The zero-order chi connectivity index (χ0) is 18.4. The van der Waals surface area contributed by atoms with Gasteiger partial charge in [-0.15, -0.1) is 0 Å². The summed E-state index contributed by atoms with van der Waals surface area (Å²) in [5.41, 5.74) is -0.0449. The molecule has 0 radical (unpaired) electrons. The van der Waals surface area contributed by atoms with Crippen LogP contribution in [-0.4, -0.2) is 37.8 Å². The first-order chi connectivity index (χ1) is 12.0. The van der Waals surface area contributed by atoms with E-state index in [1.165, 1.54) is 7.11 Å². The van der Waals surface area contributed by atoms with Crippen LogP contribution in [0.2, 0.25) is 0 Å². The fourth-order valence-electron chi connectivity index (χ4n) is 2.77. The zero-order valence-electron chi connectivity index (χ0n) is 15.4. The first kappa shape index (κ1) is 19.2. The summed E-state index contributed by atoms with van der Waals surface area (Å²) in [5.74, 6) is -0.0204. The van der Waals surface area contributed by atoms with Gasteiger partial charge in [0.25, 0.3) is 5.91 Å². The Morgan fingerprint density at radius 1 is 1.28 bits per heavy atom. The van der Waals surface area contributed by atoms with Gasteiger partial charge in [0, 0.05) is 12.3 Å². The van der Waals surface area contributed by atoms with Crippen LogP contribution >= 0.6 is 0 Å². The van der Waals surface area contributed by atoms with Gasteiger partial charge in [0.1, 0.15) is 16.9 Å². The van der Waals surface area contributed by atoms with Crippen LogP contribution in [0.3, 0.4) is 0 Å². The van der Waals surface area contributed by atoms with Crippen LogP contribution in [0.4, 0.5) is 5.69 Å². The molecule has 6 heteroatoms. The Bertz CT molecular complexity index is 626. The predicted molar refractivity (Wildman–Crippen MR) is 95.0 cm³/mol. The minimum Gasteiger partial charge on any atom is -0.493 e.